The van der Waals surface area contributed by atoms with Crippen LogP contribution in [0.4, 0.5) is 5.69 Å². The van der Waals surface area contributed by atoms with Crippen LogP contribution in [0.1, 0.15) is 24.3 Å². The molecule has 0 saturated carbocycles. The summed E-state index contributed by atoms with van der Waals surface area (Å²) in [5, 5.41) is 5.97. The first-order valence-electron chi connectivity index (χ1n) is 6.39. The third-order valence-electron chi connectivity index (χ3n) is 2.98. The molecule has 0 bridgehead atoms. The van der Waals surface area contributed by atoms with Gasteiger partial charge in [-0.2, -0.15) is 0 Å². The number of carbonyl (C=O) groups excluding carboxylic acids is 1. The maximum Gasteiger partial charge on any atom is 0.238 e. The molecular weight excluding hydrogens is 320 g/mol. The van der Waals surface area contributed by atoms with Gasteiger partial charge >= 0.3 is 0 Å². The zero-order valence-electron chi connectivity index (χ0n) is 11.4. The highest BCUT2D eigenvalue weighted by molar-refractivity contribution is 9.10. The molecule has 0 spiro atoms. The number of furan rings is 1. The Bertz CT molecular complexity index is 582. The predicted octanol–water partition coefficient (Wildman–Crippen LogP) is 3.64. The van der Waals surface area contributed by atoms with Crippen LogP contribution < -0.4 is 10.6 Å². The van der Waals surface area contributed by atoms with Gasteiger partial charge in [-0.3, -0.25) is 10.1 Å². The van der Waals surface area contributed by atoms with E-state index >= 15 is 0 Å². The van der Waals surface area contributed by atoms with Gasteiger partial charge in [0.1, 0.15) is 5.76 Å². The summed E-state index contributed by atoms with van der Waals surface area (Å²) in [5.74, 6) is 0.738. The SMILES string of the molecule is Cc1cc(NC(=O)CN[C@@H](C)c2ccco2)ccc1Br. The molecule has 5 heteroatoms. The second kappa shape index (κ2) is 6.72. The summed E-state index contributed by atoms with van der Waals surface area (Å²) in [6, 6.07) is 9.43. The van der Waals surface area contributed by atoms with E-state index in [0.29, 0.717) is 0 Å². The third kappa shape index (κ3) is 3.95. The van der Waals surface area contributed by atoms with Crippen molar-refractivity contribution in [2.45, 2.75) is 19.9 Å². The fourth-order valence-electron chi connectivity index (χ4n) is 1.81. The monoisotopic (exact) mass is 336 g/mol. The summed E-state index contributed by atoms with van der Waals surface area (Å²) in [5.41, 5.74) is 1.88. The van der Waals surface area contributed by atoms with Gasteiger partial charge in [-0.25, -0.2) is 0 Å². The topological polar surface area (TPSA) is 54.3 Å². The van der Waals surface area contributed by atoms with Gasteiger partial charge in [-0.05, 0) is 49.7 Å². The van der Waals surface area contributed by atoms with Crippen molar-refractivity contribution in [2.75, 3.05) is 11.9 Å². The molecule has 2 aromatic rings. The summed E-state index contributed by atoms with van der Waals surface area (Å²) in [6.07, 6.45) is 1.62. The van der Waals surface area contributed by atoms with Crippen molar-refractivity contribution in [3.63, 3.8) is 0 Å². The van der Waals surface area contributed by atoms with Crippen LogP contribution in [0.15, 0.2) is 45.5 Å². The number of hydrogen-bond donors (Lipinski definition) is 2. The maximum absolute atomic E-state index is 11.9. The van der Waals surface area contributed by atoms with E-state index < -0.39 is 0 Å². The number of halogens is 1. The Hall–Kier alpha value is -1.59. The van der Waals surface area contributed by atoms with Gasteiger partial charge < -0.3 is 9.73 Å². The van der Waals surface area contributed by atoms with E-state index in [9.17, 15) is 4.79 Å². The first kappa shape index (κ1) is 14.8. The van der Waals surface area contributed by atoms with Crippen molar-refractivity contribution in [3.05, 3.63) is 52.4 Å². The number of amides is 1. The lowest BCUT2D eigenvalue weighted by atomic mass is 10.2. The molecule has 0 saturated heterocycles. The van der Waals surface area contributed by atoms with E-state index in [2.05, 4.69) is 26.6 Å². The minimum atomic E-state index is -0.0786. The lowest BCUT2D eigenvalue weighted by molar-refractivity contribution is -0.115. The summed E-state index contributed by atoms with van der Waals surface area (Å²) < 4.78 is 6.30. The molecule has 1 amide bonds. The Labute approximate surface area is 126 Å². The highest BCUT2D eigenvalue weighted by Gasteiger charge is 2.10. The molecule has 0 radical (unpaired) electrons. The van der Waals surface area contributed by atoms with Gasteiger partial charge in [-0.1, -0.05) is 15.9 Å². The lowest BCUT2D eigenvalue weighted by Gasteiger charge is -2.12. The predicted molar refractivity (Wildman–Crippen MR) is 82.6 cm³/mol. The van der Waals surface area contributed by atoms with Crippen LogP contribution in [0.25, 0.3) is 0 Å². The number of anilines is 1. The van der Waals surface area contributed by atoms with Crippen LogP contribution in [0, 0.1) is 6.92 Å². The second-order valence-electron chi connectivity index (χ2n) is 4.63. The fraction of sp³-hybridized carbons (Fsp3) is 0.267. The lowest BCUT2D eigenvalue weighted by Crippen LogP contribution is -2.29. The van der Waals surface area contributed by atoms with Gasteiger partial charge in [0, 0.05) is 10.2 Å². The molecule has 106 valence electrons. The van der Waals surface area contributed by atoms with E-state index in [1.54, 1.807) is 6.26 Å². The zero-order chi connectivity index (χ0) is 14.5. The standard InChI is InChI=1S/C15H17BrN2O2/c1-10-8-12(5-6-13(10)16)18-15(19)9-17-11(2)14-4-3-7-20-14/h3-8,11,17H,9H2,1-2H3,(H,18,19)/t11-/m0/s1. The minimum Gasteiger partial charge on any atom is -0.468 e. The van der Waals surface area contributed by atoms with Crippen molar-refractivity contribution in [2.24, 2.45) is 0 Å². The molecule has 4 nitrogen and oxygen atoms in total. The van der Waals surface area contributed by atoms with Crippen LogP contribution in [0.3, 0.4) is 0 Å². The third-order valence-corrected chi connectivity index (χ3v) is 3.87. The summed E-state index contributed by atoms with van der Waals surface area (Å²) in [7, 11) is 0. The summed E-state index contributed by atoms with van der Waals surface area (Å²) >= 11 is 3.43. The molecule has 0 aliphatic carbocycles. The summed E-state index contributed by atoms with van der Waals surface area (Å²) in [4.78, 5) is 11.9. The number of carbonyl (C=O) groups is 1. The molecule has 0 aliphatic rings. The molecular formula is C15H17BrN2O2. The highest BCUT2D eigenvalue weighted by Crippen LogP contribution is 2.20. The molecule has 2 N–H and O–H groups in total. The highest BCUT2D eigenvalue weighted by atomic mass is 79.9. The molecule has 1 atom stereocenters. The molecule has 1 aromatic heterocycles. The number of aryl methyl sites for hydroxylation is 1. The second-order valence-corrected chi connectivity index (χ2v) is 5.48. The normalized spacial score (nSPS) is 12.2. The van der Waals surface area contributed by atoms with E-state index in [0.717, 1.165) is 21.5 Å². The fourth-order valence-corrected chi connectivity index (χ4v) is 2.06. The van der Waals surface area contributed by atoms with Crippen molar-refractivity contribution >= 4 is 27.5 Å². The Morgan fingerprint density at radius 1 is 1.40 bits per heavy atom. The van der Waals surface area contributed by atoms with E-state index in [-0.39, 0.29) is 18.5 Å². The first-order valence-corrected chi connectivity index (χ1v) is 7.18. The average Bonchev–Trinajstić information content (AvgIpc) is 2.94. The number of nitrogens with one attached hydrogen (secondary N) is 2. The van der Waals surface area contributed by atoms with Gasteiger partial charge in [0.2, 0.25) is 5.91 Å². The van der Waals surface area contributed by atoms with E-state index in [4.69, 9.17) is 4.42 Å². The number of benzene rings is 1. The molecule has 0 unspecified atom stereocenters. The quantitative estimate of drug-likeness (QED) is 0.876. The maximum atomic E-state index is 11.9. The average molecular weight is 337 g/mol. The van der Waals surface area contributed by atoms with Crippen LogP contribution >= 0.6 is 15.9 Å². The van der Waals surface area contributed by atoms with Crippen molar-refractivity contribution in [3.8, 4) is 0 Å². The zero-order valence-corrected chi connectivity index (χ0v) is 13.0. The van der Waals surface area contributed by atoms with Crippen molar-refractivity contribution < 1.29 is 9.21 Å². The molecule has 0 fully saturated rings. The van der Waals surface area contributed by atoms with Crippen LogP contribution in [0.2, 0.25) is 0 Å². The molecule has 20 heavy (non-hydrogen) atoms. The van der Waals surface area contributed by atoms with E-state index in [1.807, 2.05) is 44.2 Å². The Balaban J connectivity index is 1.85. The minimum absolute atomic E-state index is 0.00223. The van der Waals surface area contributed by atoms with Gasteiger partial charge in [0.05, 0.1) is 18.8 Å². The number of hydrogen-bond acceptors (Lipinski definition) is 3. The van der Waals surface area contributed by atoms with Gasteiger partial charge in [0.15, 0.2) is 0 Å². The molecule has 0 aliphatic heterocycles. The number of rotatable bonds is 5. The van der Waals surface area contributed by atoms with Crippen molar-refractivity contribution in [1.29, 1.82) is 0 Å². The van der Waals surface area contributed by atoms with Gasteiger partial charge in [0.25, 0.3) is 0 Å². The van der Waals surface area contributed by atoms with E-state index in [1.165, 1.54) is 0 Å². The molecule has 1 aromatic carbocycles. The Kier molecular flexibility index (Phi) is 4.98. The van der Waals surface area contributed by atoms with Crippen molar-refractivity contribution in [1.82, 2.24) is 5.32 Å². The van der Waals surface area contributed by atoms with Gasteiger partial charge in [-0.15, -0.1) is 0 Å². The Morgan fingerprint density at radius 3 is 2.85 bits per heavy atom. The summed E-state index contributed by atoms with van der Waals surface area (Å²) in [6.45, 7) is 4.17. The smallest absolute Gasteiger partial charge is 0.238 e. The molecule has 2 rings (SSSR count). The Morgan fingerprint density at radius 2 is 2.20 bits per heavy atom. The first-order chi connectivity index (χ1) is 9.56. The largest absolute Gasteiger partial charge is 0.468 e. The van der Waals surface area contributed by atoms with Crippen LogP contribution in [-0.2, 0) is 4.79 Å². The molecule has 1 heterocycles. The van der Waals surface area contributed by atoms with Crippen LogP contribution in [0.5, 0.6) is 0 Å². The van der Waals surface area contributed by atoms with Crippen LogP contribution in [-0.4, -0.2) is 12.5 Å².